The molecule has 3 saturated carbocycles. The largest absolute Gasteiger partial charge is 0.481 e. The molecule has 3 saturated heterocycles. The van der Waals surface area contributed by atoms with Gasteiger partial charge >= 0.3 is 17.9 Å². The molecular weight excluding hydrogens is 788 g/mol. The first kappa shape index (κ1) is 46.1. The molecule has 3 aliphatic carbocycles. The number of rotatable bonds is 13. The Morgan fingerprint density at radius 2 is 1.15 bits per heavy atom. The number of aliphatic hydroxyl groups excluding tert-OH is 9. The molecule has 0 aromatic rings. The van der Waals surface area contributed by atoms with Crippen molar-refractivity contribution in [1.82, 2.24) is 0 Å². The van der Waals surface area contributed by atoms with E-state index >= 15 is 0 Å². The highest BCUT2D eigenvalue weighted by Crippen LogP contribution is 2.44. The van der Waals surface area contributed by atoms with Crippen molar-refractivity contribution in [1.29, 1.82) is 0 Å². The van der Waals surface area contributed by atoms with Gasteiger partial charge in [-0.05, 0) is 63.7 Å². The number of fused-ring (bicyclic) bond motifs is 1. The highest BCUT2D eigenvalue weighted by Gasteiger charge is 2.56. The zero-order valence-corrected chi connectivity index (χ0v) is 32.7. The molecule has 59 heavy (non-hydrogen) atoms. The molecule has 0 amide bonds. The summed E-state index contributed by atoms with van der Waals surface area (Å²) in [7, 11) is 0. The summed E-state index contributed by atoms with van der Waals surface area (Å²) < 4.78 is 39.8. The number of esters is 2. The van der Waals surface area contributed by atoms with E-state index in [1.807, 2.05) is 0 Å². The van der Waals surface area contributed by atoms with Crippen molar-refractivity contribution in [3.63, 3.8) is 0 Å². The van der Waals surface area contributed by atoms with E-state index in [0.717, 1.165) is 12.8 Å². The van der Waals surface area contributed by atoms with Gasteiger partial charge in [0.15, 0.2) is 24.8 Å². The molecule has 6 unspecified atom stereocenters. The van der Waals surface area contributed by atoms with Gasteiger partial charge in [-0.1, -0.05) is 6.08 Å². The molecule has 0 aromatic heterocycles. The predicted molar refractivity (Wildman–Crippen MR) is 195 cm³/mol. The molecule has 20 nitrogen and oxygen atoms in total. The molecule has 6 aliphatic rings. The van der Waals surface area contributed by atoms with Crippen LogP contribution in [0.1, 0.15) is 77.0 Å². The minimum Gasteiger partial charge on any atom is -0.481 e. The third kappa shape index (κ3) is 11.7. The molecule has 0 spiro atoms. The highest BCUT2D eigenvalue weighted by atomic mass is 16.7. The van der Waals surface area contributed by atoms with Crippen LogP contribution in [-0.2, 0) is 42.8 Å². The number of aliphatic carboxylic acids is 1. The first-order valence-electron chi connectivity index (χ1n) is 20.7. The standard InChI is InChI=1S/C39H60O20/c40-19-6-1-17(2-7-19)3-10-29(45)53-15-26-31(47)34(50)36(52)39(59-26)57-25-13-22-23(55-37(25)18-4-8-20(41)9-5-18)11-21(42)12-24(22)56-38-35(51)33(49)32(48)27(58-38)16-54-30(46)14-28(43)44/h3,10,17-27,31-42,47-52H,1-2,4-9,11-16H2,(H,43,44)/p+1/t17?,18?,19?,20?,21?,22?,23?,24?,25?,26-,27-,31-,32-,33-,34-,35-,36-,37?,38-,39-/m0/s1. The Hall–Kier alpha value is -2.41. The SMILES string of the molecule is O=C(O)CC(=O)OC[C@@H]1O[C@H](OC2CC(O)CC3[OH+]C(C4CCC(O)CC4)C(O[C@H]4O[C@@H](COC(=O)C=CC5CCC(O)CC5)[C@H](O)[C@H](O)[C@@H]4O)CC23)[C@@H](O)[C@@H](O)[C@H]1O. The van der Waals surface area contributed by atoms with E-state index in [9.17, 15) is 60.3 Å². The number of carbonyl (C=O) groups excluding carboxylic acids is 2. The Bertz CT molecular complexity index is 1420. The summed E-state index contributed by atoms with van der Waals surface area (Å²) in [5.74, 6) is -3.76. The van der Waals surface area contributed by atoms with Crippen LogP contribution in [0.15, 0.2) is 12.2 Å². The van der Waals surface area contributed by atoms with Crippen molar-refractivity contribution in [2.45, 2.75) is 181 Å². The van der Waals surface area contributed by atoms with Gasteiger partial charge in [-0.2, -0.15) is 0 Å². The number of ether oxygens (including phenoxy) is 7. The molecule has 6 rings (SSSR count). The monoisotopic (exact) mass is 849 g/mol. The van der Waals surface area contributed by atoms with Crippen LogP contribution < -0.4 is 0 Å². The van der Waals surface area contributed by atoms with Crippen molar-refractivity contribution in [3.05, 3.63) is 12.2 Å². The fourth-order valence-electron chi connectivity index (χ4n) is 9.35. The topological polar surface area (TPSA) is 322 Å². The van der Waals surface area contributed by atoms with Crippen molar-refractivity contribution >= 4 is 17.9 Å². The molecular formula is C39H61O20+. The summed E-state index contributed by atoms with van der Waals surface area (Å²) in [6, 6.07) is 0. The Morgan fingerprint density at radius 3 is 1.73 bits per heavy atom. The predicted octanol–water partition coefficient (Wildman–Crippen LogP) is -2.97. The van der Waals surface area contributed by atoms with E-state index in [4.69, 9.17) is 38.3 Å². The molecule has 0 aromatic carbocycles. The van der Waals surface area contributed by atoms with Gasteiger partial charge in [-0.15, -0.1) is 0 Å². The van der Waals surface area contributed by atoms with E-state index < -0.39 is 141 Å². The van der Waals surface area contributed by atoms with E-state index in [2.05, 4.69) is 0 Å². The van der Waals surface area contributed by atoms with Crippen LogP contribution in [0.25, 0.3) is 0 Å². The lowest BCUT2D eigenvalue weighted by Crippen LogP contribution is -2.64. The van der Waals surface area contributed by atoms with Gasteiger partial charge in [0.25, 0.3) is 0 Å². The van der Waals surface area contributed by atoms with Gasteiger partial charge < -0.3 is 84.2 Å². The maximum atomic E-state index is 12.6. The van der Waals surface area contributed by atoms with Crippen molar-refractivity contribution < 1.29 is 98.6 Å². The van der Waals surface area contributed by atoms with Gasteiger partial charge in [-0.3, -0.25) is 9.59 Å². The maximum Gasteiger partial charge on any atom is 0.330 e. The molecule has 16 atom stereocenters. The lowest BCUT2D eigenvalue weighted by Gasteiger charge is -2.50. The van der Waals surface area contributed by atoms with Gasteiger partial charge in [0.1, 0.15) is 74.6 Å². The Kier molecular flexibility index (Phi) is 16.1. The number of carboxylic acid groups (broad SMARTS) is 1. The van der Waals surface area contributed by atoms with Gasteiger partial charge in [-0.25, -0.2) is 4.79 Å². The minimum atomic E-state index is -1.82. The number of hydrogen-bond donors (Lipinski definition) is 10. The second kappa shape index (κ2) is 20.6. The summed E-state index contributed by atoms with van der Waals surface area (Å²) in [5.41, 5.74) is 0. The number of aliphatic hydroxyl groups is 11. The summed E-state index contributed by atoms with van der Waals surface area (Å²) in [6.45, 7) is -1.13. The lowest BCUT2D eigenvalue weighted by atomic mass is 9.73. The molecule has 20 heteroatoms. The third-order valence-corrected chi connectivity index (χ3v) is 12.8. The molecule has 6 fully saturated rings. The molecule has 3 aliphatic heterocycles. The molecule has 11 N–H and O–H groups in total. The summed E-state index contributed by atoms with van der Waals surface area (Å²) in [5, 5.41) is 105. The van der Waals surface area contributed by atoms with Crippen molar-refractivity contribution in [2.75, 3.05) is 13.2 Å². The molecule has 336 valence electrons. The fraction of sp³-hybridized carbons (Fsp3) is 0.872. The van der Waals surface area contributed by atoms with E-state index in [1.165, 1.54) is 6.08 Å². The normalized spacial score (nSPS) is 45.6. The molecule has 0 bridgehead atoms. The Labute approximate surface area is 340 Å². The summed E-state index contributed by atoms with van der Waals surface area (Å²) in [4.78, 5) is 35.3. The van der Waals surface area contributed by atoms with Crippen molar-refractivity contribution in [2.24, 2.45) is 17.8 Å². The first-order chi connectivity index (χ1) is 28.1. The minimum absolute atomic E-state index is 0.0330. The van der Waals surface area contributed by atoms with E-state index in [-0.39, 0.29) is 37.2 Å². The van der Waals surface area contributed by atoms with E-state index in [1.54, 1.807) is 6.08 Å². The van der Waals surface area contributed by atoms with Gasteiger partial charge in [0, 0.05) is 24.8 Å². The maximum absolute atomic E-state index is 12.6. The van der Waals surface area contributed by atoms with Crippen LogP contribution >= 0.6 is 0 Å². The second-order valence-electron chi connectivity index (χ2n) is 17.0. The molecule has 0 radical (unpaired) electrons. The van der Waals surface area contributed by atoms with Crippen LogP contribution in [0.3, 0.4) is 0 Å². The second-order valence-corrected chi connectivity index (χ2v) is 17.0. The lowest BCUT2D eigenvalue weighted by molar-refractivity contribution is -0.366. The van der Waals surface area contributed by atoms with Crippen LogP contribution in [0.5, 0.6) is 0 Å². The van der Waals surface area contributed by atoms with Crippen molar-refractivity contribution in [3.8, 4) is 0 Å². The quantitative estimate of drug-likeness (QED) is 0.0383. The summed E-state index contributed by atoms with van der Waals surface area (Å²) in [6.07, 6.45) is -13.3. The van der Waals surface area contributed by atoms with Crippen LogP contribution in [-0.4, -0.2) is 191 Å². The number of hydrogen-bond acceptors (Lipinski definition) is 18. The van der Waals surface area contributed by atoms with Gasteiger partial charge in [0.05, 0.1) is 30.3 Å². The zero-order chi connectivity index (χ0) is 42.5. The van der Waals surface area contributed by atoms with Crippen LogP contribution in [0, 0.1) is 17.8 Å². The van der Waals surface area contributed by atoms with Gasteiger partial charge in [0.2, 0.25) is 0 Å². The molecule has 3 heterocycles. The average molecular weight is 850 g/mol. The number of allylic oxidation sites excluding steroid dienone is 1. The summed E-state index contributed by atoms with van der Waals surface area (Å²) >= 11 is 0. The van der Waals surface area contributed by atoms with Crippen LogP contribution in [0.4, 0.5) is 0 Å². The first-order valence-corrected chi connectivity index (χ1v) is 20.7. The Morgan fingerprint density at radius 1 is 0.610 bits per heavy atom. The van der Waals surface area contributed by atoms with E-state index in [0.29, 0.717) is 38.5 Å². The number of carbonyl (C=O) groups is 3. The zero-order valence-electron chi connectivity index (χ0n) is 32.7. The smallest absolute Gasteiger partial charge is 0.330 e. The number of carboxylic acids is 1. The highest BCUT2D eigenvalue weighted by molar-refractivity contribution is 5.90. The fourth-order valence-corrected chi connectivity index (χ4v) is 9.35. The average Bonchev–Trinajstić information content (AvgIpc) is 3.20. The van der Waals surface area contributed by atoms with Crippen LogP contribution in [0.2, 0.25) is 0 Å². The Balaban J connectivity index is 1.15. The third-order valence-electron chi connectivity index (χ3n) is 12.8.